The molecule has 0 aliphatic heterocycles. The molecule has 0 aromatic carbocycles. The fraction of sp³-hybridized carbons (Fsp3) is 0.214. The van der Waals surface area contributed by atoms with Crippen LogP contribution in [0.1, 0.15) is 27.8 Å². The fourth-order valence-corrected chi connectivity index (χ4v) is 2.07. The standard InChI is InChI=1S/C14H14N6O3/c1-3-23-14(22)10-7-15-20-5-4-9(6-12(10)20)16-13(21)11-8-19(2)18-17-11/h4-8H,3H2,1-2H3,(H,16,21). The summed E-state index contributed by atoms with van der Waals surface area (Å²) in [5, 5.41) is 14.2. The number of ether oxygens (including phenoxy) is 1. The second kappa shape index (κ2) is 5.87. The molecule has 0 bridgehead atoms. The van der Waals surface area contributed by atoms with E-state index >= 15 is 0 Å². The maximum Gasteiger partial charge on any atom is 0.341 e. The molecule has 3 aromatic rings. The maximum absolute atomic E-state index is 12.1. The Labute approximate surface area is 130 Å². The molecule has 0 aliphatic rings. The summed E-state index contributed by atoms with van der Waals surface area (Å²) < 4.78 is 7.96. The van der Waals surface area contributed by atoms with Crippen LogP contribution in [0.5, 0.6) is 0 Å². The van der Waals surface area contributed by atoms with Crippen molar-refractivity contribution in [3.8, 4) is 0 Å². The second-order valence-corrected chi connectivity index (χ2v) is 4.76. The van der Waals surface area contributed by atoms with E-state index in [0.717, 1.165) is 0 Å². The molecule has 3 aromatic heterocycles. The van der Waals surface area contributed by atoms with Crippen LogP contribution in [0, 0.1) is 0 Å². The highest BCUT2D eigenvalue weighted by Gasteiger charge is 2.15. The number of fused-ring (bicyclic) bond motifs is 1. The molecule has 0 saturated heterocycles. The smallest absolute Gasteiger partial charge is 0.341 e. The number of hydrogen-bond acceptors (Lipinski definition) is 6. The summed E-state index contributed by atoms with van der Waals surface area (Å²) in [4.78, 5) is 24.0. The molecule has 23 heavy (non-hydrogen) atoms. The highest BCUT2D eigenvalue weighted by molar-refractivity contribution is 6.03. The van der Waals surface area contributed by atoms with Gasteiger partial charge in [0.1, 0.15) is 5.56 Å². The van der Waals surface area contributed by atoms with Gasteiger partial charge in [-0.25, -0.2) is 9.31 Å². The van der Waals surface area contributed by atoms with Crippen LogP contribution in [-0.4, -0.2) is 43.1 Å². The SMILES string of the molecule is CCOC(=O)c1cnn2ccc(NC(=O)c3cn(C)nn3)cc12. The monoisotopic (exact) mass is 314 g/mol. The first-order chi connectivity index (χ1) is 11.1. The number of nitrogens with one attached hydrogen (secondary N) is 1. The average molecular weight is 314 g/mol. The van der Waals surface area contributed by atoms with Gasteiger partial charge in [-0.15, -0.1) is 5.10 Å². The van der Waals surface area contributed by atoms with Crippen LogP contribution >= 0.6 is 0 Å². The maximum atomic E-state index is 12.1. The third kappa shape index (κ3) is 2.89. The number of carbonyl (C=O) groups is 2. The lowest BCUT2D eigenvalue weighted by Crippen LogP contribution is -2.12. The molecule has 0 spiro atoms. The molecule has 0 radical (unpaired) electrons. The van der Waals surface area contributed by atoms with Gasteiger partial charge in [0.15, 0.2) is 5.69 Å². The number of anilines is 1. The number of carbonyl (C=O) groups excluding carboxylic acids is 2. The molecule has 9 nitrogen and oxygen atoms in total. The molecular weight excluding hydrogens is 300 g/mol. The molecule has 1 N–H and O–H groups in total. The minimum absolute atomic E-state index is 0.200. The van der Waals surface area contributed by atoms with Crippen molar-refractivity contribution in [2.45, 2.75) is 6.92 Å². The van der Waals surface area contributed by atoms with Crippen LogP contribution in [0.3, 0.4) is 0 Å². The largest absolute Gasteiger partial charge is 0.462 e. The van der Waals surface area contributed by atoms with Gasteiger partial charge in [-0.2, -0.15) is 5.10 Å². The number of nitrogens with zero attached hydrogens (tertiary/aromatic N) is 5. The Bertz CT molecular complexity index is 882. The number of esters is 1. The zero-order valence-electron chi connectivity index (χ0n) is 12.6. The normalized spacial score (nSPS) is 10.7. The number of rotatable bonds is 4. The fourth-order valence-electron chi connectivity index (χ4n) is 2.07. The summed E-state index contributed by atoms with van der Waals surface area (Å²) in [6.07, 6.45) is 4.59. The Morgan fingerprint density at radius 2 is 2.22 bits per heavy atom. The van der Waals surface area contributed by atoms with Gasteiger partial charge in [0.25, 0.3) is 5.91 Å². The first kappa shape index (κ1) is 14.7. The summed E-state index contributed by atoms with van der Waals surface area (Å²) in [6.45, 7) is 2.01. The van der Waals surface area contributed by atoms with E-state index in [4.69, 9.17) is 4.74 Å². The Kier molecular flexibility index (Phi) is 3.75. The summed E-state index contributed by atoms with van der Waals surface area (Å²) in [6, 6.07) is 3.32. The minimum atomic E-state index is -0.458. The number of amides is 1. The molecular formula is C14H14N6O3. The van der Waals surface area contributed by atoms with Gasteiger partial charge in [-0.1, -0.05) is 5.21 Å². The van der Waals surface area contributed by atoms with E-state index in [1.54, 1.807) is 32.3 Å². The summed E-state index contributed by atoms with van der Waals surface area (Å²) in [5.74, 6) is -0.848. The van der Waals surface area contributed by atoms with Crippen molar-refractivity contribution < 1.29 is 14.3 Å². The second-order valence-electron chi connectivity index (χ2n) is 4.76. The Morgan fingerprint density at radius 3 is 2.91 bits per heavy atom. The van der Waals surface area contributed by atoms with Crippen molar-refractivity contribution in [2.24, 2.45) is 7.05 Å². The third-order valence-electron chi connectivity index (χ3n) is 3.11. The minimum Gasteiger partial charge on any atom is -0.462 e. The van der Waals surface area contributed by atoms with Crippen LogP contribution in [0.2, 0.25) is 0 Å². The van der Waals surface area contributed by atoms with E-state index in [-0.39, 0.29) is 18.2 Å². The Hall–Kier alpha value is -3.23. The first-order valence-corrected chi connectivity index (χ1v) is 6.90. The lowest BCUT2D eigenvalue weighted by atomic mass is 10.2. The highest BCUT2D eigenvalue weighted by atomic mass is 16.5. The zero-order valence-corrected chi connectivity index (χ0v) is 12.6. The van der Waals surface area contributed by atoms with Crippen LogP contribution in [0.25, 0.3) is 5.52 Å². The van der Waals surface area contributed by atoms with E-state index in [0.29, 0.717) is 16.8 Å². The molecule has 3 heterocycles. The number of hydrogen-bond donors (Lipinski definition) is 1. The highest BCUT2D eigenvalue weighted by Crippen LogP contribution is 2.17. The van der Waals surface area contributed by atoms with Crippen molar-refractivity contribution in [1.82, 2.24) is 24.6 Å². The first-order valence-electron chi connectivity index (χ1n) is 6.90. The van der Waals surface area contributed by atoms with Gasteiger partial charge in [0.2, 0.25) is 0 Å². The van der Waals surface area contributed by atoms with Crippen LogP contribution in [0.15, 0.2) is 30.7 Å². The van der Waals surface area contributed by atoms with Crippen molar-refractivity contribution in [3.05, 3.63) is 42.0 Å². The number of aromatic nitrogens is 5. The van der Waals surface area contributed by atoms with E-state index in [9.17, 15) is 9.59 Å². The van der Waals surface area contributed by atoms with Gasteiger partial charge in [-0.3, -0.25) is 9.48 Å². The Balaban J connectivity index is 1.88. The van der Waals surface area contributed by atoms with E-state index in [1.807, 2.05) is 0 Å². The van der Waals surface area contributed by atoms with Gasteiger partial charge < -0.3 is 10.1 Å². The van der Waals surface area contributed by atoms with Gasteiger partial charge in [0, 0.05) is 18.9 Å². The van der Waals surface area contributed by atoms with E-state index in [2.05, 4.69) is 20.7 Å². The molecule has 9 heteroatoms. The predicted octanol–water partition coefficient (Wildman–Crippen LogP) is 0.892. The van der Waals surface area contributed by atoms with Gasteiger partial charge in [0.05, 0.1) is 24.5 Å². The van der Waals surface area contributed by atoms with E-state index < -0.39 is 5.97 Å². The topological polar surface area (TPSA) is 103 Å². The third-order valence-corrected chi connectivity index (χ3v) is 3.11. The van der Waals surface area contributed by atoms with Crippen LogP contribution in [0.4, 0.5) is 5.69 Å². The number of aryl methyl sites for hydroxylation is 1. The van der Waals surface area contributed by atoms with Gasteiger partial charge >= 0.3 is 5.97 Å². The van der Waals surface area contributed by atoms with Gasteiger partial charge in [-0.05, 0) is 19.1 Å². The lowest BCUT2D eigenvalue weighted by molar-refractivity contribution is 0.0528. The van der Waals surface area contributed by atoms with Crippen LogP contribution < -0.4 is 5.32 Å². The molecule has 3 rings (SSSR count). The van der Waals surface area contributed by atoms with Crippen molar-refractivity contribution in [3.63, 3.8) is 0 Å². The summed E-state index contributed by atoms with van der Waals surface area (Å²) >= 11 is 0. The average Bonchev–Trinajstić information content (AvgIpc) is 3.13. The predicted molar refractivity (Wildman–Crippen MR) is 80.1 cm³/mol. The zero-order chi connectivity index (χ0) is 16.4. The molecule has 0 atom stereocenters. The van der Waals surface area contributed by atoms with Crippen molar-refractivity contribution >= 4 is 23.1 Å². The summed E-state index contributed by atoms with van der Waals surface area (Å²) in [7, 11) is 1.67. The van der Waals surface area contributed by atoms with Crippen molar-refractivity contribution in [1.29, 1.82) is 0 Å². The molecule has 0 fully saturated rings. The molecule has 0 saturated carbocycles. The van der Waals surface area contributed by atoms with Crippen LogP contribution in [-0.2, 0) is 11.8 Å². The molecule has 0 aliphatic carbocycles. The quantitative estimate of drug-likeness (QED) is 0.717. The summed E-state index contributed by atoms with van der Waals surface area (Å²) in [5.41, 5.74) is 1.59. The lowest BCUT2D eigenvalue weighted by Gasteiger charge is -2.04. The number of pyridine rings is 1. The van der Waals surface area contributed by atoms with E-state index in [1.165, 1.54) is 21.6 Å². The molecule has 1 amide bonds. The molecule has 0 unspecified atom stereocenters. The Morgan fingerprint density at radius 1 is 1.39 bits per heavy atom. The van der Waals surface area contributed by atoms with Crippen molar-refractivity contribution in [2.75, 3.05) is 11.9 Å². The molecule has 118 valence electrons.